The Morgan fingerprint density at radius 3 is 1.68 bits per heavy atom. The van der Waals surface area contributed by atoms with Crippen LogP contribution in [0.3, 0.4) is 0 Å². The molecule has 66 heavy (non-hydrogen) atoms. The predicted octanol–water partition coefficient (Wildman–Crippen LogP) is 14.7. The van der Waals surface area contributed by atoms with Gasteiger partial charge in [-0.15, -0.1) is 0 Å². The van der Waals surface area contributed by atoms with Crippen LogP contribution in [0.5, 0.6) is 0 Å². The van der Waals surface area contributed by atoms with Gasteiger partial charge in [0.1, 0.15) is 33.1 Å². The minimum Gasteiger partial charge on any atom is -0.443 e. The summed E-state index contributed by atoms with van der Waals surface area (Å²) >= 11 is 0. The second kappa shape index (κ2) is 20.3. The number of nitrogens with zero attached hydrogens (tertiary/aromatic N) is 6. The third-order valence-electron chi connectivity index (χ3n) is 11.1. The Morgan fingerprint density at radius 2 is 0.909 bits per heavy atom. The van der Waals surface area contributed by atoms with Crippen LogP contribution in [0.15, 0.2) is 137 Å². The standard InChI is InChI=1S/6C9H9NO/c1-6-3-8-9(4-7(6)2)11-5-10-8;1-6-3-7(2)9-8(4-6)11-5-10-9;1-6-3-7(2)9-8(4-6)10-5-11-9;1-6-3-4-8-9(7(6)2)11-5-10-8;1-6-3-4-7(2)9-8(6)10-5-11-9;1-6-4-3-5-8-9(6)11-7(2)10-8/h6*3-5H,1-2H3. The molecule has 0 atom stereocenters. The predicted molar refractivity (Wildman–Crippen MR) is 261 cm³/mol. The topological polar surface area (TPSA) is 156 Å². The minimum absolute atomic E-state index is 0.731. The van der Waals surface area contributed by atoms with E-state index in [1.54, 1.807) is 0 Å². The van der Waals surface area contributed by atoms with Gasteiger partial charge in [0.15, 0.2) is 71.4 Å². The molecule has 0 saturated carbocycles. The van der Waals surface area contributed by atoms with E-state index in [0.717, 1.165) is 89.2 Å². The van der Waals surface area contributed by atoms with Crippen molar-refractivity contribution in [2.24, 2.45) is 0 Å². The van der Waals surface area contributed by atoms with E-state index >= 15 is 0 Å². The number of para-hydroxylation sites is 1. The van der Waals surface area contributed by atoms with Gasteiger partial charge in [0.05, 0.1) is 0 Å². The van der Waals surface area contributed by atoms with Crippen LogP contribution in [-0.2, 0) is 0 Å². The maximum absolute atomic E-state index is 5.39. The normalized spacial score (nSPS) is 10.7. The van der Waals surface area contributed by atoms with E-state index in [1.165, 1.54) is 76.5 Å². The van der Waals surface area contributed by atoms with Crippen LogP contribution in [0.4, 0.5) is 0 Å². The zero-order valence-electron chi connectivity index (χ0n) is 39.5. The van der Waals surface area contributed by atoms with Crippen LogP contribution in [0.25, 0.3) is 66.6 Å². The first-order valence-electron chi connectivity index (χ1n) is 21.5. The van der Waals surface area contributed by atoms with Gasteiger partial charge in [0.25, 0.3) is 0 Å². The van der Waals surface area contributed by atoms with Crippen LogP contribution in [-0.4, -0.2) is 29.9 Å². The van der Waals surface area contributed by atoms with Crippen LogP contribution in [0.2, 0.25) is 0 Å². The minimum atomic E-state index is 0.731. The van der Waals surface area contributed by atoms with E-state index in [9.17, 15) is 0 Å². The summed E-state index contributed by atoms with van der Waals surface area (Å²) in [6, 6.07) is 26.3. The fourth-order valence-corrected chi connectivity index (χ4v) is 7.31. The van der Waals surface area contributed by atoms with Crippen molar-refractivity contribution in [3.63, 3.8) is 0 Å². The quantitative estimate of drug-likeness (QED) is 0.142. The zero-order chi connectivity index (χ0) is 47.1. The van der Waals surface area contributed by atoms with E-state index in [4.69, 9.17) is 26.5 Å². The van der Waals surface area contributed by atoms with Gasteiger partial charge in [-0.1, -0.05) is 42.5 Å². The van der Waals surface area contributed by atoms with Gasteiger partial charge in [0, 0.05) is 6.92 Å². The molecular weight excluding hydrogens is 829 g/mol. The molecule has 0 spiro atoms. The van der Waals surface area contributed by atoms with E-state index in [-0.39, 0.29) is 0 Å². The summed E-state index contributed by atoms with van der Waals surface area (Å²) in [6.07, 6.45) is 7.42. The third-order valence-corrected chi connectivity index (χ3v) is 11.1. The Labute approximate surface area is 382 Å². The molecule has 0 N–H and O–H groups in total. The molecule has 0 bridgehead atoms. The highest BCUT2D eigenvalue weighted by Crippen LogP contribution is 2.23. The van der Waals surface area contributed by atoms with Crippen LogP contribution < -0.4 is 0 Å². The van der Waals surface area contributed by atoms with E-state index < -0.39 is 0 Å². The summed E-state index contributed by atoms with van der Waals surface area (Å²) in [5.74, 6) is 0.731. The summed E-state index contributed by atoms with van der Waals surface area (Å²) in [5.41, 5.74) is 24.2. The molecule has 6 heterocycles. The van der Waals surface area contributed by atoms with Crippen molar-refractivity contribution in [1.82, 2.24) is 29.9 Å². The molecule has 0 saturated heterocycles. The third kappa shape index (κ3) is 10.7. The summed E-state index contributed by atoms with van der Waals surface area (Å²) in [7, 11) is 0. The first kappa shape index (κ1) is 46.1. The molecule has 6 aromatic heterocycles. The Morgan fingerprint density at radius 1 is 0.333 bits per heavy atom. The van der Waals surface area contributed by atoms with Crippen LogP contribution in [0.1, 0.15) is 67.1 Å². The van der Waals surface area contributed by atoms with Gasteiger partial charge < -0.3 is 26.5 Å². The highest BCUT2D eigenvalue weighted by molar-refractivity contribution is 5.80. The summed E-state index contributed by atoms with van der Waals surface area (Å²) < 4.78 is 31.3. The molecule has 0 aliphatic rings. The van der Waals surface area contributed by atoms with Crippen molar-refractivity contribution < 1.29 is 26.5 Å². The lowest BCUT2D eigenvalue weighted by Gasteiger charge is -1.96. The van der Waals surface area contributed by atoms with E-state index in [1.807, 2.05) is 103 Å². The van der Waals surface area contributed by atoms with Crippen molar-refractivity contribution >= 4 is 66.6 Å². The van der Waals surface area contributed by atoms with Gasteiger partial charge in [0.2, 0.25) is 0 Å². The Balaban J connectivity index is 0.000000118. The van der Waals surface area contributed by atoms with Gasteiger partial charge >= 0.3 is 0 Å². The number of fused-ring (bicyclic) bond motifs is 6. The molecule has 336 valence electrons. The molecule has 12 rings (SSSR count). The van der Waals surface area contributed by atoms with Gasteiger partial charge in [-0.2, -0.15) is 0 Å². The number of aromatic nitrogens is 6. The number of aryl methyl sites for hydroxylation is 12. The van der Waals surface area contributed by atoms with Crippen molar-refractivity contribution in [2.75, 3.05) is 0 Å². The van der Waals surface area contributed by atoms with Crippen molar-refractivity contribution in [2.45, 2.75) is 83.1 Å². The lowest BCUT2D eigenvalue weighted by atomic mass is 10.1. The molecule has 12 nitrogen and oxygen atoms in total. The molecule has 0 aliphatic carbocycles. The zero-order valence-corrected chi connectivity index (χ0v) is 39.5. The van der Waals surface area contributed by atoms with Crippen molar-refractivity contribution in [1.29, 1.82) is 0 Å². The lowest BCUT2D eigenvalue weighted by Crippen LogP contribution is -1.79. The molecule has 0 amide bonds. The Hall–Kier alpha value is -7.86. The summed E-state index contributed by atoms with van der Waals surface area (Å²) in [5, 5.41) is 0. The molecule has 12 heteroatoms. The second-order valence-corrected chi connectivity index (χ2v) is 16.4. The average molecular weight is 883 g/mol. The summed E-state index contributed by atoms with van der Waals surface area (Å²) in [6.45, 7) is 24.4. The SMILES string of the molecule is Cc1cc(C)c2ncoc2c1.Cc1cc(C)c2ocnc2c1.Cc1cc2ncoc2cc1C.Cc1ccc(C)c2ocnc12.Cc1ccc2ncoc2c1C.Cc1nc2cccc(C)c2o1. The molecule has 6 aromatic carbocycles. The Bertz CT molecular complexity index is 3390. The smallest absolute Gasteiger partial charge is 0.192 e. The first-order valence-corrected chi connectivity index (χ1v) is 21.5. The molecule has 0 radical (unpaired) electrons. The van der Waals surface area contributed by atoms with Gasteiger partial charge in [-0.05, 0) is 174 Å². The fraction of sp³-hybridized carbons (Fsp3) is 0.222. The van der Waals surface area contributed by atoms with Crippen LogP contribution in [0, 0.1) is 83.1 Å². The monoisotopic (exact) mass is 882 g/mol. The largest absolute Gasteiger partial charge is 0.443 e. The highest BCUT2D eigenvalue weighted by Gasteiger charge is 2.06. The number of hydrogen-bond donors (Lipinski definition) is 0. The van der Waals surface area contributed by atoms with Crippen molar-refractivity contribution in [3.8, 4) is 0 Å². The number of rotatable bonds is 0. The van der Waals surface area contributed by atoms with E-state index in [2.05, 4.69) is 88.8 Å². The maximum Gasteiger partial charge on any atom is 0.192 e. The number of oxazole rings is 6. The number of benzene rings is 6. The fourth-order valence-electron chi connectivity index (χ4n) is 7.31. The second-order valence-electron chi connectivity index (χ2n) is 16.4. The lowest BCUT2D eigenvalue weighted by molar-refractivity contribution is 0.559. The Kier molecular flexibility index (Phi) is 14.2. The van der Waals surface area contributed by atoms with Gasteiger partial charge in [-0.25, -0.2) is 29.9 Å². The molecule has 0 aliphatic heterocycles. The molecular formula is C54H54N6O6. The average Bonchev–Trinajstić information content (AvgIpc) is 4.14. The highest BCUT2D eigenvalue weighted by atomic mass is 16.4. The molecule has 0 fully saturated rings. The first-order chi connectivity index (χ1) is 31.7. The van der Waals surface area contributed by atoms with Gasteiger partial charge in [-0.3, -0.25) is 0 Å². The van der Waals surface area contributed by atoms with E-state index in [0.29, 0.717) is 0 Å². The molecule has 0 unspecified atom stereocenters. The van der Waals surface area contributed by atoms with Crippen molar-refractivity contribution in [3.05, 3.63) is 178 Å². The molecule has 12 aromatic rings. The van der Waals surface area contributed by atoms with Crippen LogP contribution >= 0.6 is 0 Å². The maximum atomic E-state index is 5.39. The number of hydrogen-bond acceptors (Lipinski definition) is 12. The summed E-state index contributed by atoms with van der Waals surface area (Å²) in [4.78, 5) is 24.6.